The van der Waals surface area contributed by atoms with E-state index in [-0.39, 0.29) is 6.04 Å². The molecule has 13 heavy (non-hydrogen) atoms. The minimum Gasteiger partial charge on any atom is -0.508 e. The lowest BCUT2D eigenvalue weighted by Gasteiger charge is -2.11. The van der Waals surface area contributed by atoms with Crippen LogP contribution in [0.3, 0.4) is 0 Å². The SMILES string of the molecule is CCCC[C@@H](N)c1cccc(O)c1. The Labute approximate surface area is 79.4 Å². The summed E-state index contributed by atoms with van der Waals surface area (Å²) >= 11 is 0. The van der Waals surface area contributed by atoms with Gasteiger partial charge >= 0.3 is 0 Å². The molecular weight excluding hydrogens is 162 g/mol. The van der Waals surface area contributed by atoms with Crippen LogP contribution in [0.4, 0.5) is 0 Å². The van der Waals surface area contributed by atoms with Crippen molar-refractivity contribution in [2.24, 2.45) is 5.73 Å². The fraction of sp³-hybridized carbons (Fsp3) is 0.455. The van der Waals surface area contributed by atoms with Crippen molar-refractivity contribution < 1.29 is 5.11 Å². The molecule has 0 aliphatic rings. The van der Waals surface area contributed by atoms with E-state index in [9.17, 15) is 5.11 Å². The molecule has 2 nitrogen and oxygen atoms in total. The van der Waals surface area contributed by atoms with E-state index >= 15 is 0 Å². The van der Waals surface area contributed by atoms with E-state index in [1.807, 2.05) is 12.1 Å². The largest absolute Gasteiger partial charge is 0.508 e. The molecule has 0 saturated heterocycles. The molecule has 0 saturated carbocycles. The maximum atomic E-state index is 9.23. The topological polar surface area (TPSA) is 46.2 Å². The number of phenolic OH excluding ortho intramolecular Hbond substituents is 1. The molecule has 0 unspecified atom stereocenters. The fourth-order valence-electron chi connectivity index (χ4n) is 1.35. The van der Waals surface area contributed by atoms with Gasteiger partial charge in [0.2, 0.25) is 0 Å². The van der Waals surface area contributed by atoms with E-state index < -0.39 is 0 Å². The summed E-state index contributed by atoms with van der Waals surface area (Å²) in [5, 5.41) is 9.23. The summed E-state index contributed by atoms with van der Waals surface area (Å²) in [5.41, 5.74) is 6.96. The van der Waals surface area contributed by atoms with Gasteiger partial charge in [-0.25, -0.2) is 0 Å². The van der Waals surface area contributed by atoms with Crippen molar-refractivity contribution in [3.8, 4) is 5.75 Å². The lowest BCUT2D eigenvalue weighted by molar-refractivity contribution is 0.473. The number of hydrogen-bond acceptors (Lipinski definition) is 2. The number of benzene rings is 1. The average molecular weight is 179 g/mol. The first-order valence-electron chi connectivity index (χ1n) is 4.78. The summed E-state index contributed by atoms with van der Waals surface area (Å²) in [6.45, 7) is 2.15. The predicted molar refractivity (Wildman–Crippen MR) is 54.6 cm³/mol. The van der Waals surface area contributed by atoms with Crippen molar-refractivity contribution in [2.75, 3.05) is 0 Å². The molecule has 1 aromatic rings. The normalized spacial score (nSPS) is 12.8. The highest BCUT2D eigenvalue weighted by Gasteiger charge is 2.04. The van der Waals surface area contributed by atoms with Crippen LogP contribution in [0.5, 0.6) is 5.75 Å². The van der Waals surface area contributed by atoms with Gasteiger partial charge in [0.25, 0.3) is 0 Å². The van der Waals surface area contributed by atoms with Gasteiger partial charge in [-0.2, -0.15) is 0 Å². The molecule has 0 radical (unpaired) electrons. The van der Waals surface area contributed by atoms with Crippen LogP contribution in [0.15, 0.2) is 24.3 Å². The minimum absolute atomic E-state index is 0.0621. The average Bonchev–Trinajstić information content (AvgIpc) is 2.14. The lowest BCUT2D eigenvalue weighted by Crippen LogP contribution is -2.09. The first-order valence-corrected chi connectivity index (χ1v) is 4.78. The number of unbranched alkanes of at least 4 members (excludes halogenated alkanes) is 1. The quantitative estimate of drug-likeness (QED) is 0.746. The van der Waals surface area contributed by atoms with Gasteiger partial charge in [0.05, 0.1) is 0 Å². The molecule has 1 rings (SSSR count). The summed E-state index contributed by atoms with van der Waals surface area (Å²) in [7, 11) is 0. The van der Waals surface area contributed by atoms with Crippen LogP contribution in [0.2, 0.25) is 0 Å². The maximum absolute atomic E-state index is 9.23. The maximum Gasteiger partial charge on any atom is 0.115 e. The predicted octanol–water partition coefficient (Wildman–Crippen LogP) is 2.58. The van der Waals surface area contributed by atoms with Crippen molar-refractivity contribution in [3.05, 3.63) is 29.8 Å². The van der Waals surface area contributed by atoms with Gasteiger partial charge in [0, 0.05) is 6.04 Å². The first-order chi connectivity index (χ1) is 6.24. The summed E-state index contributed by atoms with van der Waals surface area (Å²) in [5.74, 6) is 0.296. The summed E-state index contributed by atoms with van der Waals surface area (Å²) < 4.78 is 0. The molecule has 0 heterocycles. The number of rotatable bonds is 4. The molecule has 0 aliphatic carbocycles. The molecule has 72 valence electrons. The van der Waals surface area contributed by atoms with Gasteiger partial charge in [-0.15, -0.1) is 0 Å². The highest BCUT2D eigenvalue weighted by atomic mass is 16.3. The standard InChI is InChI=1S/C11H17NO/c1-2-3-7-11(12)9-5-4-6-10(13)8-9/h4-6,8,11,13H,2-3,7,12H2,1H3/t11-/m1/s1. The highest BCUT2D eigenvalue weighted by Crippen LogP contribution is 2.20. The Morgan fingerprint density at radius 2 is 2.23 bits per heavy atom. The Morgan fingerprint density at radius 3 is 2.85 bits per heavy atom. The Morgan fingerprint density at radius 1 is 1.46 bits per heavy atom. The van der Waals surface area contributed by atoms with Gasteiger partial charge < -0.3 is 10.8 Å². The van der Waals surface area contributed by atoms with Crippen LogP contribution in [0, 0.1) is 0 Å². The van der Waals surface area contributed by atoms with E-state index in [0.29, 0.717) is 5.75 Å². The molecule has 3 N–H and O–H groups in total. The van der Waals surface area contributed by atoms with Gasteiger partial charge in [0.1, 0.15) is 5.75 Å². The Kier molecular flexibility index (Phi) is 3.77. The molecule has 2 heteroatoms. The first kappa shape index (κ1) is 10.1. The van der Waals surface area contributed by atoms with Crippen molar-refractivity contribution >= 4 is 0 Å². The summed E-state index contributed by atoms with van der Waals surface area (Å²) in [6.07, 6.45) is 3.28. The van der Waals surface area contributed by atoms with Crippen LogP contribution < -0.4 is 5.73 Å². The van der Waals surface area contributed by atoms with Gasteiger partial charge in [-0.1, -0.05) is 31.9 Å². The molecule has 0 fully saturated rings. The van der Waals surface area contributed by atoms with Crippen LogP contribution in [0.25, 0.3) is 0 Å². The van der Waals surface area contributed by atoms with Crippen LogP contribution in [-0.2, 0) is 0 Å². The zero-order valence-electron chi connectivity index (χ0n) is 8.03. The highest BCUT2D eigenvalue weighted by molar-refractivity contribution is 5.29. The van der Waals surface area contributed by atoms with Crippen LogP contribution >= 0.6 is 0 Å². The number of phenols is 1. The molecule has 0 aromatic heterocycles. The molecule has 1 aromatic carbocycles. The molecule has 1 atom stereocenters. The molecule has 0 spiro atoms. The van der Waals surface area contributed by atoms with Crippen molar-refractivity contribution in [1.82, 2.24) is 0 Å². The monoisotopic (exact) mass is 179 g/mol. The second-order valence-electron chi connectivity index (χ2n) is 3.34. The van der Waals surface area contributed by atoms with E-state index in [1.165, 1.54) is 0 Å². The number of hydrogen-bond donors (Lipinski definition) is 2. The third kappa shape index (κ3) is 3.07. The summed E-state index contributed by atoms with van der Waals surface area (Å²) in [6, 6.07) is 7.25. The van der Waals surface area contributed by atoms with E-state index in [1.54, 1.807) is 12.1 Å². The third-order valence-electron chi connectivity index (χ3n) is 2.17. The molecule has 0 aliphatic heterocycles. The number of aromatic hydroxyl groups is 1. The van der Waals surface area contributed by atoms with E-state index in [0.717, 1.165) is 24.8 Å². The second-order valence-corrected chi connectivity index (χ2v) is 3.34. The lowest BCUT2D eigenvalue weighted by atomic mass is 10.0. The van der Waals surface area contributed by atoms with Gasteiger partial charge in [0.15, 0.2) is 0 Å². The fourth-order valence-corrected chi connectivity index (χ4v) is 1.35. The molecule has 0 bridgehead atoms. The van der Waals surface area contributed by atoms with Crippen molar-refractivity contribution in [2.45, 2.75) is 32.2 Å². The van der Waals surface area contributed by atoms with E-state index in [2.05, 4.69) is 6.92 Å². The minimum atomic E-state index is 0.0621. The second kappa shape index (κ2) is 4.87. The van der Waals surface area contributed by atoms with Crippen molar-refractivity contribution in [3.63, 3.8) is 0 Å². The van der Waals surface area contributed by atoms with Gasteiger partial charge in [-0.3, -0.25) is 0 Å². The Balaban J connectivity index is 2.60. The van der Waals surface area contributed by atoms with E-state index in [4.69, 9.17) is 5.73 Å². The van der Waals surface area contributed by atoms with Crippen LogP contribution in [-0.4, -0.2) is 5.11 Å². The molecular formula is C11H17NO. The van der Waals surface area contributed by atoms with Crippen molar-refractivity contribution in [1.29, 1.82) is 0 Å². The molecule has 0 amide bonds. The van der Waals surface area contributed by atoms with Gasteiger partial charge in [-0.05, 0) is 24.1 Å². The third-order valence-corrected chi connectivity index (χ3v) is 2.17. The smallest absolute Gasteiger partial charge is 0.115 e. The zero-order chi connectivity index (χ0) is 9.68. The Hall–Kier alpha value is -1.02. The zero-order valence-corrected chi connectivity index (χ0v) is 8.03. The summed E-state index contributed by atoms with van der Waals surface area (Å²) in [4.78, 5) is 0. The number of nitrogens with two attached hydrogens (primary N) is 1. The van der Waals surface area contributed by atoms with Crippen LogP contribution in [0.1, 0.15) is 37.8 Å². The Bertz CT molecular complexity index is 260.